The third kappa shape index (κ3) is 2.90. The van der Waals surface area contributed by atoms with Crippen molar-refractivity contribution in [3.05, 3.63) is 35.2 Å². The van der Waals surface area contributed by atoms with Gasteiger partial charge in [-0.05, 0) is 12.1 Å². The van der Waals surface area contributed by atoms with Crippen molar-refractivity contribution < 1.29 is 19.1 Å². The maximum absolute atomic E-state index is 12.2. The monoisotopic (exact) mass is 361 g/mol. The topological polar surface area (TPSA) is 55.8 Å². The number of benzene rings is 1. The minimum absolute atomic E-state index is 0.171. The summed E-state index contributed by atoms with van der Waals surface area (Å²) in [5, 5.41) is 1.16. The lowest BCUT2D eigenvalue weighted by atomic mass is 10.2. The van der Waals surface area contributed by atoms with Gasteiger partial charge in [0.1, 0.15) is 4.88 Å². The molecule has 0 bridgehead atoms. The zero-order chi connectivity index (χ0) is 16.5. The molecular weight excluding hydrogens is 346 g/mol. The Morgan fingerprint density at radius 2 is 1.92 bits per heavy atom. The lowest BCUT2D eigenvalue weighted by molar-refractivity contribution is -0.138. The van der Waals surface area contributed by atoms with Gasteiger partial charge in [-0.1, -0.05) is 18.2 Å². The van der Waals surface area contributed by atoms with E-state index in [2.05, 4.69) is 12.1 Å². The van der Waals surface area contributed by atoms with Crippen molar-refractivity contribution in [3.8, 4) is 0 Å². The van der Waals surface area contributed by atoms with Gasteiger partial charge >= 0.3 is 5.97 Å². The van der Waals surface area contributed by atoms with E-state index < -0.39 is 5.97 Å². The van der Waals surface area contributed by atoms with Crippen LogP contribution in [0.15, 0.2) is 30.3 Å². The smallest absolute Gasteiger partial charge is 0.348 e. The Balaban J connectivity index is 1.46. The number of rotatable bonds is 3. The summed E-state index contributed by atoms with van der Waals surface area (Å²) in [5.74, 6) is -0.607. The van der Waals surface area contributed by atoms with Crippen LogP contribution in [0.1, 0.15) is 9.67 Å². The third-order valence-corrected chi connectivity index (χ3v) is 6.34. The molecule has 7 heteroatoms. The predicted octanol–water partition coefficient (Wildman–Crippen LogP) is 3.13. The third-order valence-electron chi connectivity index (χ3n) is 3.94. The largest absolute Gasteiger partial charge is 0.451 e. The molecule has 2 aromatic heterocycles. The van der Waals surface area contributed by atoms with Crippen LogP contribution in [0.2, 0.25) is 0 Å². The van der Waals surface area contributed by atoms with Gasteiger partial charge in [-0.25, -0.2) is 4.79 Å². The Kier molecular flexibility index (Phi) is 4.22. The van der Waals surface area contributed by atoms with Crippen LogP contribution in [0, 0.1) is 0 Å². The zero-order valence-corrected chi connectivity index (χ0v) is 14.5. The van der Waals surface area contributed by atoms with Crippen LogP contribution in [0.3, 0.4) is 0 Å². The number of nitrogens with zero attached hydrogens (tertiary/aromatic N) is 1. The van der Waals surface area contributed by atoms with Crippen LogP contribution >= 0.6 is 22.7 Å². The van der Waals surface area contributed by atoms with Crippen LogP contribution in [0.5, 0.6) is 0 Å². The SMILES string of the molecule is O=C(OCC(=O)N1CCOCC1)c1cc2sc3ccccc3c2s1. The highest BCUT2D eigenvalue weighted by Gasteiger charge is 2.20. The van der Waals surface area contributed by atoms with Gasteiger partial charge in [0.05, 0.1) is 17.9 Å². The van der Waals surface area contributed by atoms with Gasteiger partial charge in [0.15, 0.2) is 6.61 Å². The molecule has 0 radical (unpaired) electrons. The molecule has 0 unspecified atom stereocenters. The first-order valence-corrected chi connectivity index (χ1v) is 9.29. The van der Waals surface area contributed by atoms with Gasteiger partial charge in [-0.3, -0.25) is 4.79 Å². The van der Waals surface area contributed by atoms with Crippen molar-refractivity contribution in [1.82, 2.24) is 4.90 Å². The number of carbonyl (C=O) groups is 2. The van der Waals surface area contributed by atoms with Crippen LogP contribution in [-0.4, -0.2) is 49.7 Å². The first kappa shape index (κ1) is 15.6. The van der Waals surface area contributed by atoms with Crippen molar-refractivity contribution >= 4 is 54.0 Å². The molecule has 0 spiro atoms. The Hall–Kier alpha value is -1.96. The molecule has 5 nitrogen and oxygen atoms in total. The highest BCUT2D eigenvalue weighted by atomic mass is 32.1. The molecule has 1 aromatic carbocycles. The zero-order valence-electron chi connectivity index (χ0n) is 12.8. The second-order valence-corrected chi connectivity index (χ2v) is 7.61. The van der Waals surface area contributed by atoms with Crippen LogP contribution < -0.4 is 0 Å². The second kappa shape index (κ2) is 6.51. The minimum atomic E-state index is -0.436. The molecule has 1 aliphatic rings. The summed E-state index contributed by atoms with van der Waals surface area (Å²) in [6, 6.07) is 9.99. The van der Waals surface area contributed by atoms with Gasteiger partial charge in [-0.2, -0.15) is 0 Å². The molecule has 3 aromatic rings. The predicted molar refractivity (Wildman–Crippen MR) is 94.9 cm³/mol. The fourth-order valence-corrected chi connectivity index (χ4v) is 5.12. The van der Waals surface area contributed by atoms with Gasteiger partial charge in [0.2, 0.25) is 0 Å². The Morgan fingerprint density at radius 1 is 1.12 bits per heavy atom. The molecular formula is C17H15NO4S2. The molecule has 1 fully saturated rings. The maximum Gasteiger partial charge on any atom is 0.348 e. The Morgan fingerprint density at radius 3 is 2.75 bits per heavy atom. The van der Waals surface area contributed by atoms with E-state index in [0.29, 0.717) is 31.2 Å². The van der Waals surface area contributed by atoms with E-state index >= 15 is 0 Å². The summed E-state index contributed by atoms with van der Waals surface area (Å²) in [6.45, 7) is 1.96. The highest BCUT2D eigenvalue weighted by Crippen LogP contribution is 2.39. The molecule has 3 heterocycles. The van der Waals surface area contributed by atoms with Crippen molar-refractivity contribution in [2.45, 2.75) is 0 Å². The normalized spacial score (nSPS) is 15.1. The van der Waals surface area contributed by atoms with Crippen molar-refractivity contribution in [2.24, 2.45) is 0 Å². The molecule has 0 N–H and O–H groups in total. The standard InChI is InChI=1S/C17H15NO4S2/c19-15(18-5-7-21-8-6-18)10-22-17(20)14-9-13-16(24-14)11-3-1-2-4-12(11)23-13/h1-4,9H,5-8,10H2. The fourth-order valence-electron chi connectivity index (χ4n) is 2.70. The molecule has 0 atom stereocenters. The second-order valence-electron chi connectivity index (χ2n) is 5.47. The number of hydrogen-bond acceptors (Lipinski definition) is 6. The van der Waals surface area contributed by atoms with Crippen LogP contribution in [-0.2, 0) is 14.3 Å². The van der Waals surface area contributed by atoms with Crippen LogP contribution in [0.4, 0.5) is 0 Å². The first-order valence-electron chi connectivity index (χ1n) is 7.66. The van der Waals surface area contributed by atoms with Crippen LogP contribution in [0.25, 0.3) is 19.5 Å². The Bertz CT molecular complexity index is 908. The number of hydrogen-bond donors (Lipinski definition) is 0. The quantitative estimate of drug-likeness (QED) is 0.673. The van der Waals surface area contributed by atoms with E-state index in [4.69, 9.17) is 9.47 Å². The number of thiophene rings is 2. The molecule has 1 saturated heterocycles. The summed E-state index contributed by atoms with van der Waals surface area (Å²) in [6.07, 6.45) is 0. The average Bonchev–Trinajstić information content (AvgIpc) is 3.18. The molecule has 124 valence electrons. The van der Waals surface area contributed by atoms with Gasteiger partial charge in [0.25, 0.3) is 5.91 Å². The molecule has 0 aliphatic carbocycles. The van der Waals surface area contributed by atoms with E-state index in [1.165, 1.54) is 16.0 Å². The summed E-state index contributed by atoms with van der Waals surface area (Å²) in [7, 11) is 0. The first-order chi connectivity index (χ1) is 11.7. The van der Waals surface area contributed by atoms with E-state index in [-0.39, 0.29) is 12.5 Å². The number of esters is 1. The van der Waals surface area contributed by atoms with Crippen molar-refractivity contribution in [2.75, 3.05) is 32.9 Å². The maximum atomic E-state index is 12.2. The van der Waals surface area contributed by atoms with E-state index in [0.717, 1.165) is 14.8 Å². The molecule has 0 saturated carbocycles. The molecule has 4 rings (SSSR count). The molecule has 1 aliphatic heterocycles. The average molecular weight is 361 g/mol. The van der Waals surface area contributed by atoms with Crippen molar-refractivity contribution in [1.29, 1.82) is 0 Å². The van der Waals surface area contributed by atoms with E-state index in [1.54, 1.807) is 16.2 Å². The number of fused-ring (bicyclic) bond motifs is 3. The summed E-state index contributed by atoms with van der Waals surface area (Å²) >= 11 is 3.08. The lowest BCUT2D eigenvalue weighted by Crippen LogP contribution is -2.42. The van der Waals surface area contributed by atoms with Gasteiger partial charge in [0, 0.05) is 27.9 Å². The summed E-state index contributed by atoms with van der Waals surface area (Å²) in [5.41, 5.74) is 0. The minimum Gasteiger partial charge on any atom is -0.451 e. The number of ether oxygens (including phenoxy) is 2. The summed E-state index contributed by atoms with van der Waals surface area (Å²) < 4.78 is 13.8. The molecule has 1 amide bonds. The highest BCUT2D eigenvalue weighted by molar-refractivity contribution is 7.33. The lowest BCUT2D eigenvalue weighted by Gasteiger charge is -2.26. The Labute approximate surface area is 146 Å². The number of carbonyl (C=O) groups excluding carboxylic acids is 2. The number of morpholine rings is 1. The van der Waals surface area contributed by atoms with E-state index in [1.807, 2.05) is 18.2 Å². The van der Waals surface area contributed by atoms with Gasteiger partial charge < -0.3 is 14.4 Å². The number of amides is 1. The van der Waals surface area contributed by atoms with Gasteiger partial charge in [-0.15, -0.1) is 22.7 Å². The van der Waals surface area contributed by atoms with E-state index in [9.17, 15) is 9.59 Å². The molecule has 24 heavy (non-hydrogen) atoms. The van der Waals surface area contributed by atoms with Crippen molar-refractivity contribution in [3.63, 3.8) is 0 Å². The summed E-state index contributed by atoms with van der Waals surface area (Å²) in [4.78, 5) is 26.5. The fraction of sp³-hybridized carbons (Fsp3) is 0.294.